The molecule has 4 bridgehead atoms. The lowest BCUT2D eigenvalue weighted by Crippen LogP contribution is -2.47. The van der Waals surface area contributed by atoms with Crippen molar-refractivity contribution in [3.63, 3.8) is 0 Å². The van der Waals surface area contributed by atoms with Gasteiger partial charge in [-0.25, -0.2) is 0 Å². The second kappa shape index (κ2) is 4.11. The Kier molecular flexibility index (Phi) is 2.80. The van der Waals surface area contributed by atoms with Crippen molar-refractivity contribution in [3.05, 3.63) is 12.7 Å². The topological polar surface area (TPSA) is 37.3 Å². The van der Waals surface area contributed by atoms with E-state index in [-0.39, 0.29) is 0 Å². The van der Waals surface area contributed by atoms with Crippen LogP contribution in [0.2, 0.25) is 0 Å². The first-order valence-corrected chi connectivity index (χ1v) is 7.39. The van der Waals surface area contributed by atoms with Gasteiger partial charge in [0.2, 0.25) is 0 Å². The maximum atomic E-state index is 11.4. The highest BCUT2D eigenvalue weighted by molar-refractivity contribution is 5.76. The van der Waals surface area contributed by atoms with Crippen LogP contribution in [0.3, 0.4) is 0 Å². The Balaban J connectivity index is 1.77. The van der Waals surface area contributed by atoms with E-state index in [1.54, 1.807) is 6.08 Å². The van der Waals surface area contributed by atoms with Crippen molar-refractivity contribution in [1.82, 2.24) is 0 Å². The van der Waals surface area contributed by atoms with Crippen molar-refractivity contribution in [2.24, 2.45) is 35.0 Å². The Morgan fingerprint density at radius 2 is 1.72 bits per heavy atom. The number of carboxylic acid groups (broad SMARTS) is 1. The molecule has 1 unspecified atom stereocenters. The number of carboxylic acids is 1. The second-order valence-corrected chi connectivity index (χ2v) is 7.23. The van der Waals surface area contributed by atoms with E-state index in [0.29, 0.717) is 5.92 Å². The first-order chi connectivity index (χ1) is 8.51. The molecular formula is C16H24O2. The first-order valence-electron chi connectivity index (χ1n) is 7.39. The Hall–Kier alpha value is -0.790. The highest BCUT2D eigenvalue weighted by Gasteiger charge is 2.50. The minimum absolute atomic E-state index is 0.636. The molecule has 0 heterocycles. The van der Waals surface area contributed by atoms with E-state index in [4.69, 9.17) is 0 Å². The van der Waals surface area contributed by atoms with E-state index in [1.165, 1.54) is 32.1 Å². The SMILES string of the molecule is C=CC(C)(CC1C2CC3CC(C2)CC1C3)C(=O)O. The summed E-state index contributed by atoms with van der Waals surface area (Å²) in [5.74, 6) is 3.47. The van der Waals surface area contributed by atoms with Gasteiger partial charge in [0.1, 0.15) is 0 Å². The van der Waals surface area contributed by atoms with Crippen molar-refractivity contribution in [2.45, 2.75) is 45.4 Å². The number of carbonyl (C=O) groups is 1. The predicted octanol–water partition coefficient (Wildman–Crippen LogP) is 3.73. The molecular weight excluding hydrogens is 224 g/mol. The lowest BCUT2D eigenvalue weighted by atomic mass is 9.50. The van der Waals surface area contributed by atoms with Gasteiger partial charge in [0, 0.05) is 0 Å². The van der Waals surface area contributed by atoms with E-state index in [2.05, 4.69) is 6.58 Å². The van der Waals surface area contributed by atoms with Gasteiger partial charge < -0.3 is 5.11 Å². The summed E-state index contributed by atoms with van der Waals surface area (Å²) in [4.78, 5) is 11.4. The molecule has 0 saturated heterocycles. The van der Waals surface area contributed by atoms with E-state index in [0.717, 1.165) is 30.1 Å². The number of hydrogen-bond acceptors (Lipinski definition) is 1. The number of aliphatic carboxylic acids is 1. The lowest BCUT2D eigenvalue weighted by Gasteiger charge is -2.55. The average Bonchev–Trinajstić information content (AvgIpc) is 2.32. The first kappa shape index (κ1) is 12.3. The normalized spacial score (nSPS) is 44.6. The van der Waals surface area contributed by atoms with Gasteiger partial charge in [0.05, 0.1) is 5.41 Å². The standard InChI is InChI=1S/C16H24O2/c1-3-16(2,15(17)18)9-14-12-5-10-4-11(7-12)8-13(14)6-10/h3,10-14H,1,4-9H2,2H3,(H,17,18). The molecule has 4 rings (SSSR count). The van der Waals surface area contributed by atoms with Crippen molar-refractivity contribution >= 4 is 5.97 Å². The van der Waals surface area contributed by atoms with Crippen LogP contribution in [-0.2, 0) is 4.79 Å². The monoisotopic (exact) mass is 248 g/mol. The van der Waals surface area contributed by atoms with Crippen LogP contribution in [0, 0.1) is 35.0 Å². The van der Waals surface area contributed by atoms with Crippen LogP contribution in [0.5, 0.6) is 0 Å². The van der Waals surface area contributed by atoms with E-state index in [1.807, 2.05) is 6.92 Å². The van der Waals surface area contributed by atoms with Crippen LogP contribution < -0.4 is 0 Å². The Morgan fingerprint density at radius 3 is 2.11 bits per heavy atom. The molecule has 4 saturated carbocycles. The summed E-state index contributed by atoms with van der Waals surface area (Å²) in [6.07, 6.45) is 9.38. The Morgan fingerprint density at radius 1 is 1.22 bits per heavy atom. The zero-order valence-electron chi connectivity index (χ0n) is 11.3. The highest BCUT2D eigenvalue weighted by atomic mass is 16.4. The van der Waals surface area contributed by atoms with Gasteiger partial charge in [-0.2, -0.15) is 0 Å². The van der Waals surface area contributed by atoms with Crippen LogP contribution in [0.4, 0.5) is 0 Å². The van der Waals surface area contributed by atoms with Gasteiger partial charge in [-0.15, -0.1) is 6.58 Å². The Labute approximate surface area is 109 Å². The van der Waals surface area contributed by atoms with Gasteiger partial charge in [-0.3, -0.25) is 4.79 Å². The predicted molar refractivity (Wildman–Crippen MR) is 71.1 cm³/mol. The summed E-state index contributed by atoms with van der Waals surface area (Å²) >= 11 is 0. The Bertz CT molecular complexity index is 345. The van der Waals surface area contributed by atoms with Gasteiger partial charge in [0.25, 0.3) is 0 Å². The molecule has 0 aliphatic heterocycles. The van der Waals surface area contributed by atoms with Crippen LogP contribution in [0.25, 0.3) is 0 Å². The van der Waals surface area contributed by atoms with Gasteiger partial charge in [-0.05, 0) is 75.0 Å². The average molecular weight is 248 g/mol. The summed E-state index contributed by atoms with van der Waals surface area (Å²) in [6.45, 7) is 5.60. The molecule has 1 N–H and O–H groups in total. The molecule has 4 aliphatic rings. The maximum Gasteiger partial charge on any atom is 0.313 e. The molecule has 18 heavy (non-hydrogen) atoms. The zero-order valence-corrected chi connectivity index (χ0v) is 11.3. The molecule has 0 spiro atoms. The highest BCUT2D eigenvalue weighted by Crippen LogP contribution is 2.58. The minimum Gasteiger partial charge on any atom is -0.481 e. The number of hydrogen-bond donors (Lipinski definition) is 1. The van der Waals surface area contributed by atoms with Gasteiger partial charge >= 0.3 is 5.97 Å². The quantitative estimate of drug-likeness (QED) is 0.770. The molecule has 2 heteroatoms. The van der Waals surface area contributed by atoms with Crippen LogP contribution in [-0.4, -0.2) is 11.1 Å². The van der Waals surface area contributed by atoms with E-state index in [9.17, 15) is 9.90 Å². The third-order valence-corrected chi connectivity index (χ3v) is 6.02. The smallest absolute Gasteiger partial charge is 0.313 e. The third-order valence-electron chi connectivity index (χ3n) is 6.02. The molecule has 1 atom stereocenters. The summed E-state index contributed by atoms with van der Waals surface area (Å²) < 4.78 is 0. The summed E-state index contributed by atoms with van der Waals surface area (Å²) in [5.41, 5.74) is -0.722. The third kappa shape index (κ3) is 1.81. The number of rotatable bonds is 4. The molecule has 0 radical (unpaired) electrons. The largest absolute Gasteiger partial charge is 0.481 e. The second-order valence-electron chi connectivity index (χ2n) is 7.23. The fourth-order valence-corrected chi connectivity index (χ4v) is 5.12. The van der Waals surface area contributed by atoms with Crippen molar-refractivity contribution < 1.29 is 9.90 Å². The van der Waals surface area contributed by atoms with Crippen molar-refractivity contribution in [1.29, 1.82) is 0 Å². The fourth-order valence-electron chi connectivity index (χ4n) is 5.12. The van der Waals surface area contributed by atoms with E-state index >= 15 is 0 Å². The molecule has 4 aliphatic carbocycles. The molecule has 0 aromatic carbocycles. The van der Waals surface area contributed by atoms with Crippen LogP contribution in [0.15, 0.2) is 12.7 Å². The van der Waals surface area contributed by atoms with Gasteiger partial charge in [0.15, 0.2) is 0 Å². The fraction of sp³-hybridized carbons (Fsp3) is 0.812. The summed E-state index contributed by atoms with van der Waals surface area (Å²) in [5, 5.41) is 9.42. The maximum absolute atomic E-state index is 11.4. The molecule has 4 fully saturated rings. The summed E-state index contributed by atoms with van der Waals surface area (Å²) in [6, 6.07) is 0. The molecule has 0 aromatic heterocycles. The molecule has 0 aromatic rings. The minimum atomic E-state index is -0.722. The molecule has 100 valence electrons. The van der Waals surface area contributed by atoms with Crippen LogP contribution in [0.1, 0.15) is 45.4 Å². The lowest BCUT2D eigenvalue weighted by molar-refractivity contribution is -0.148. The molecule has 2 nitrogen and oxygen atoms in total. The van der Waals surface area contributed by atoms with Crippen molar-refractivity contribution in [2.75, 3.05) is 0 Å². The van der Waals surface area contributed by atoms with Gasteiger partial charge in [-0.1, -0.05) is 6.08 Å². The van der Waals surface area contributed by atoms with E-state index < -0.39 is 11.4 Å². The van der Waals surface area contributed by atoms with Crippen molar-refractivity contribution in [3.8, 4) is 0 Å². The zero-order chi connectivity index (χ0) is 12.9. The summed E-state index contributed by atoms with van der Waals surface area (Å²) in [7, 11) is 0. The van der Waals surface area contributed by atoms with Crippen LogP contribution >= 0.6 is 0 Å². The molecule has 0 amide bonds.